The minimum atomic E-state index is -0.275. The lowest BCUT2D eigenvalue weighted by Gasteiger charge is -2.38. The number of hydrogen-bond acceptors (Lipinski definition) is 3. The number of esters is 1. The second-order valence-electron chi connectivity index (χ2n) is 7.46. The summed E-state index contributed by atoms with van der Waals surface area (Å²) >= 11 is 0. The number of benzene rings is 1. The summed E-state index contributed by atoms with van der Waals surface area (Å²) in [6.07, 6.45) is 6.61. The number of aromatic hydroxyl groups is 1. The Labute approximate surface area is 132 Å². The van der Waals surface area contributed by atoms with E-state index in [4.69, 9.17) is 4.74 Å². The van der Waals surface area contributed by atoms with Gasteiger partial charge in [0.2, 0.25) is 0 Å². The number of ether oxygens (including phenoxy) is 1. The highest BCUT2D eigenvalue weighted by atomic mass is 16.5. The molecule has 1 N–H and O–H groups in total. The quantitative estimate of drug-likeness (QED) is 0.673. The summed E-state index contributed by atoms with van der Waals surface area (Å²) in [6, 6.07) is 6.73. The van der Waals surface area contributed by atoms with Crippen molar-refractivity contribution in [3.63, 3.8) is 0 Å². The molecule has 0 heterocycles. The maximum absolute atomic E-state index is 12.1. The molecule has 1 aromatic carbocycles. The van der Waals surface area contributed by atoms with Crippen molar-refractivity contribution in [2.75, 3.05) is 0 Å². The zero-order valence-electron chi connectivity index (χ0n) is 13.5. The Morgan fingerprint density at radius 2 is 1.95 bits per heavy atom. The highest BCUT2D eigenvalue weighted by Crippen LogP contribution is 2.66. The van der Waals surface area contributed by atoms with Gasteiger partial charge in [-0.05, 0) is 54.4 Å². The maximum atomic E-state index is 12.1. The standard InChI is InChI=1S/C19H24O3/c1-18(2)14-10-11-19(18,3)16(12-14)22-17(21)9-6-13-4-7-15(20)8-5-13/h4-9,14,16,20H,10-12H2,1-3H3/b9-6-. The zero-order valence-corrected chi connectivity index (χ0v) is 13.5. The van der Waals surface area contributed by atoms with Gasteiger partial charge in [0.1, 0.15) is 11.9 Å². The molecule has 2 bridgehead atoms. The van der Waals surface area contributed by atoms with Crippen molar-refractivity contribution in [1.82, 2.24) is 0 Å². The topological polar surface area (TPSA) is 46.5 Å². The van der Waals surface area contributed by atoms with Gasteiger partial charge in [-0.2, -0.15) is 0 Å². The Bertz CT molecular complexity index is 600. The van der Waals surface area contributed by atoms with Crippen LogP contribution in [0.25, 0.3) is 6.08 Å². The average molecular weight is 300 g/mol. The van der Waals surface area contributed by atoms with E-state index >= 15 is 0 Å². The summed E-state index contributed by atoms with van der Waals surface area (Å²) in [5, 5.41) is 9.25. The third-order valence-corrected chi connectivity index (χ3v) is 6.28. The predicted molar refractivity (Wildman–Crippen MR) is 86.2 cm³/mol. The molecule has 1 aromatic rings. The fourth-order valence-electron chi connectivity index (χ4n) is 4.24. The molecule has 2 fully saturated rings. The normalized spacial score (nSPS) is 32.5. The van der Waals surface area contributed by atoms with E-state index < -0.39 is 0 Å². The van der Waals surface area contributed by atoms with Crippen LogP contribution >= 0.6 is 0 Å². The Morgan fingerprint density at radius 1 is 1.27 bits per heavy atom. The van der Waals surface area contributed by atoms with E-state index in [1.807, 2.05) is 0 Å². The molecule has 22 heavy (non-hydrogen) atoms. The molecule has 3 heteroatoms. The van der Waals surface area contributed by atoms with Gasteiger partial charge in [0.15, 0.2) is 0 Å². The van der Waals surface area contributed by atoms with Gasteiger partial charge in [-0.3, -0.25) is 0 Å². The number of rotatable bonds is 3. The minimum absolute atomic E-state index is 0.0261. The van der Waals surface area contributed by atoms with Crippen molar-refractivity contribution >= 4 is 12.0 Å². The molecule has 2 saturated carbocycles. The molecule has 3 atom stereocenters. The van der Waals surface area contributed by atoms with Crippen LogP contribution in [0.4, 0.5) is 0 Å². The molecule has 3 unspecified atom stereocenters. The lowest BCUT2D eigenvalue weighted by Crippen LogP contribution is -2.38. The molecule has 0 spiro atoms. The van der Waals surface area contributed by atoms with E-state index in [-0.39, 0.29) is 28.7 Å². The first-order valence-corrected chi connectivity index (χ1v) is 8.01. The van der Waals surface area contributed by atoms with E-state index in [2.05, 4.69) is 20.8 Å². The SMILES string of the molecule is CC1(C)C2CCC1(C)C(OC(=O)/C=C\c1ccc(O)cc1)C2. The smallest absolute Gasteiger partial charge is 0.331 e. The summed E-state index contributed by atoms with van der Waals surface area (Å²) in [6.45, 7) is 6.89. The van der Waals surface area contributed by atoms with Crippen molar-refractivity contribution in [2.24, 2.45) is 16.7 Å². The molecule has 3 rings (SSSR count). The van der Waals surface area contributed by atoms with Crippen molar-refractivity contribution in [3.8, 4) is 5.75 Å². The summed E-state index contributed by atoms with van der Waals surface area (Å²) in [5.74, 6) is 0.607. The largest absolute Gasteiger partial charge is 0.508 e. The molecule has 2 aliphatic rings. The minimum Gasteiger partial charge on any atom is -0.508 e. The third kappa shape index (κ3) is 2.33. The van der Waals surface area contributed by atoms with Gasteiger partial charge in [-0.25, -0.2) is 4.79 Å². The first-order valence-electron chi connectivity index (χ1n) is 8.01. The van der Waals surface area contributed by atoms with Gasteiger partial charge in [0.25, 0.3) is 0 Å². The van der Waals surface area contributed by atoms with Crippen LogP contribution < -0.4 is 0 Å². The van der Waals surface area contributed by atoms with Crippen molar-refractivity contribution in [2.45, 2.75) is 46.1 Å². The molecular weight excluding hydrogens is 276 g/mol. The molecule has 118 valence electrons. The molecular formula is C19H24O3. The van der Waals surface area contributed by atoms with Crippen molar-refractivity contribution in [1.29, 1.82) is 0 Å². The number of carbonyl (C=O) groups excluding carboxylic acids is 1. The van der Waals surface area contributed by atoms with Gasteiger partial charge >= 0.3 is 5.97 Å². The number of carbonyl (C=O) groups is 1. The van der Waals surface area contributed by atoms with Crippen LogP contribution in [0.2, 0.25) is 0 Å². The van der Waals surface area contributed by atoms with E-state index in [9.17, 15) is 9.90 Å². The molecule has 0 amide bonds. The maximum Gasteiger partial charge on any atom is 0.331 e. The summed E-state index contributed by atoms with van der Waals surface area (Å²) in [4.78, 5) is 12.1. The van der Waals surface area contributed by atoms with E-state index in [1.165, 1.54) is 12.5 Å². The third-order valence-electron chi connectivity index (χ3n) is 6.28. The summed E-state index contributed by atoms with van der Waals surface area (Å²) < 4.78 is 5.75. The van der Waals surface area contributed by atoms with E-state index in [0.717, 1.165) is 18.4 Å². The number of phenols is 1. The molecule has 0 radical (unpaired) electrons. The van der Waals surface area contributed by atoms with Gasteiger partial charge < -0.3 is 9.84 Å². The van der Waals surface area contributed by atoms with Crippen LogP contribution in [0.15, 0.2) is 30.3 Å². The van der Waals surface area contributed by atoms with Gasteiger partial charge in [0.05, 0.1) is 0 Å². The van der Waals surface area contributed by atoms with E-state index in [0.29, 0.717) is 5.92 Å². The Morgan fingerprint density at radius 3 is 2.50 bits per heavy atom. The van der Waals surface area contributed by atoms with Crippen LogP contribution in [0.1, 0.15) is 45.6 Å². The predicted octanol–water partition coefficient (Wildman–Crippen LogP) is 4.16. The Kier molecular flexibility index (Phi) is 3.54. The van der Waals surface area contributed by atoms with Crippen LogP contribution in [0, 0.1) is 16.7 Å². The molecule has 0 aromatic heterocycles. The summed E-state index contributed by atoms with van der Waals surface area (Å²) in [7, 11) is 0. The lowest BCUT2D eigenvalue weighted by molar-refractivity contribution is -0.150. The van der Waals surface area contributed by atoms with Gasteiger partial charge in [-0.15, -0.1) is 0 Å². The average Bonchev–Trinajstić information content (AvgIpc) is 2.80. The first-order chi connectivity index (χ1) is 10.3. The molecule has 0 aliphatic heterocycles. The highest BCUT2D eigenvalue weighted by molar-refractivity contribution is 5.87. The van der Waals surface area contributed by atoms with E-state index in [1.54, 1.807) is 30.3 Å². The van der Waals surface area contributed by atoms with Crippen LogP contribution in [0.3, 0.4) is 0 Å². The van der Waals surface area contributed by atoms with Crippen molar-refractivity contribution < 1.29 is 14.6 Å². The van der Waals surface area contributed by atoms with Crippen LogP contribution in [-0.2, 0) is 9.53 Å². The monoisotopic (exact) mass is 300 g/mol. The molecule has 2 aliphatic carbocycles. The zero-order chi connectivity index (χ0) is 16.0. The second kappa shape index (κ2) is 5.15. The van der Waals surface area contributed by atoms with Crippen LogP contribution in [0.5, 0.6) is 5.75 Å². The fraction of sp³-hybridized carbons (Fsp3) is 0.526. The first kappa shape index (κ1) is 15.1. The van der Waals surface area contributed by atoms with Crippen molar-refractivity contribution in [3.05, 3.63) is 35.9 Å². The lowest BCUT2D eigenvalue weighted by atomic mass is 9.70. The Hall–Kier alpha value is -1.77. The molecule has 3 nitrogen and oxygen atoms in total. The van der Waals surface area contributed by atoms with Gasteiger partial charge in [-0.1, -0.05) is 32.9 Å². The second-order valence-corrected chi connectivity index (χ2v) is 7.46. The fourth-order valence-corrected chi connectivity index (χ4v) is 4.24. The Balaban J connectivity index is 1.65. The molecule has 0 saturated heterocycles. The number of fused-ring (bicyclic) bond motifs is 2. The highest BCUT2D eigenvalue weighted by Gasteiger charge is 2.62. The number of phenolic OH excluding ortho intramolecular Hbond substituents is 1. The van der Waals surface area contributed by atoms with Gasteiger partial charge in [0, 0.05) is 11.5 Å². The summed E-state index contributed by atoms with van der Waals surface area (Å²) in [5.41, 5.74) is 1.22. The number of hydrogen-bond donors (Lipinski definition) is 1. The van der Waals surface area contributed by atoms with Crippen LogP contribution in [-0.4, -0.2) is 17.2 Å².